The minimum atomic E-state index is -0.477. The van der Waals surface area contributed by atoms with Gasteiger partial charge in [0.15, 0.2) is 0 Å². The molecule has 1 atom stereocenters. The molecule has 0 fully saturated rings. The van der Waals surface area contributed by atoms with Gasteiger partial charge in [-0.15, -0.1) is 0 Å². The van der Waals surface area contributed by atoms with Gasteiger partial charge in [0.05, 0.1) is 5.54 Å². The first kappa shape index (κ1) is 10.4. The van der Waals surface area contributed by atoms with Crippen LogP contribution in [0.15, 0.2) is 0 Å². The highest BCUT2D eigenvalue weighted by molar-refractivity contribution is 5.84. The van der Waals surface area contributed by atoms with Crippen LogP contribution in [0.2, 0.25) is 0 Å². The highest BCUT2D eigenvalue weighted by Crippen LogP contribution is 2.17. The Labute approximate surface area is 68.6 Å². The van der Waals surface area contributed by atoms with Crippen LogP contribution in [-0.2, 0) is 4.79 Å². The number of carbonyl (C=O) groups excluding carboxylic acids is 1. The van der Waals surface area contributed by atoms with Crippen LogP contribution in [0.25, 0.3) is 0 Å². The van der Waals surface area contributed by atoms with Crippen molar-refractivity contribution >= 4 is 5.91 Å². The number of hydrogen-bond donors (Lipinski definition) is 1. The third-order valence-electron chi connectivity index (χ3n) is 2.25. The molecule has 3 heteroatoms. The number of carbonyl (C=O) groups is 1. The lowest BCUT2D eigenvalue weighted by Crippen LogP contribution is -2.52. The Hall–Kier alpha value is -0.570. The van der Waals surface area contributed by atoms with E-state index in [0.29, 0.717) is 0 Å². The van der Waals surface area contributed by atoms with Gasteiger partial charge in [-0.1, -0.05) is 13.3 Å². The number of amides is 1. The maximum Gasteiger partial charge on any atom is 0.237 e. The normalized spacial score (nSPS) is 16.5. The van der Waals surface area contributed by atoms with Gasteiger partial charge in [0, 0.05) is 0 Å². The summed E-state index contributed by atoms with van der Waals surface area (Å²) in [5.74, 6) is -0.246. The molecule has 0 aromatic rings. The first-order chi connectivity index (χ1) is 4.95. The monoisotopic (exact) mass is 158 g/mol. The van der Waals surface area contributed by atoms with Gasteiger partial charge in [-0.25, -0.2) is 0 Å². The van der Waals surface area contributed by atoms with Gasteiger partial charge in [0.1, 0.15) is 0 Å². The quantitative estimate of drug-likeness (QED) is 0.651. The molecule has 0 aliphatic carbocycles. The van der Waals surface area contributed by atoms with Gasteiger partial charge in [0.2, 0.25) is 5.91 Å². The smallest absolute Gasteiger partial charge is 0.237 e. The van der Waals surface area contributed by atoms with Crippen LogP contribution in [0.3, 0.4) is 0 Å². The Balaban J connectivity index is 4.38. The number of nitrogens with zero attached hydrogens (tertiary/aromatic N) is 1. The molecule has 3 nitrogen and oxygen atoms in total. The zero-order chi connectivity index (χ0) is 9.07. The SMILES string of the molecule is CCCC(C)(C(N)=O)N(C)C. The molecule has 0 saturated heterocycles. The number of hydrogen-bond acceptors (Lipinski definition) is 2. The Kier molecular flexibility index (Phi) is 3.52. The average molecular weight is 158 g/mol. The standard InChI is InChI=1S/C8H18N2O/c1-5-6-8(2,7(9)11)10(3)4/h5-6H2,1-4H3,(H2,9,11). The molecule has 0 aromatic heterocycles. The van der Waals surface area contributed by atoms with Crippen LogP contribution in [0.4, 0.5) is 0 Å². The molecule has 0 aliphatic heterocycles. The fourth-order valence-electron chi connectivity index (χ4n) is 1.05. The fourth-order valence-corrected chi connectivity index (χ4v) is 1.05. The topological polar surface area (TPSA) is 46.3 Å². The second-order valence-corrected chi connectivity index (χ2v) is 3.28. The highest BCUT2D eigenvalue weighted by Gasteiger charge is 2.31. The molecule has 66 valence electrons. The second kappa shape index (κ2) is 3.72. The van der Waals surface area contributed by atoms with Crippen LogP contribution >= 0.6 is 0 Å². The van der Waals surface area contributed by atoms with Gasteiger partial charge in [-0.3, -0.25) is 9.69 Å². The fraction of sp³-hybridized carbons (Fsp3) is 0.875. The molecule has 1 amide bonds. The van der Waals surface area contributed by atoms with E-state index < -0.39 is 5.54 Å². The minimum absolute atomic E-state index is 0.246. The predicted molar refractivity (Wildman–Crippen MR) is 46.2 cm³/mol. The van der Waals surface area contributed by atoms with Crippen molar-refractivity contribution in [3.05, 3.63) is 0 Å². The van der Waals surface area contributed by atoms with Crippen molar-refractivity contribution in [1.82, 2.24) is 4.90 Å². The van der Waals surface area contributed by atoms with Crippen molar-refractivity contribution in [2.24, 2.45) is 5.73 Å². The van der Waals surface area contributed by atoms with Crippen molar-refractivity contribution in [3.8, 4) is 0 Å². The van der Waals surface area contributed by atoms with Crippen molar-refractivity contribution < 1.29 is 4.79 Å². The Morgan fingerprint density at radius 2 is 2.00 bits per heavy atom. The summed E-state index contributed by atoms with van der Waals surface area (Å²) in [6.45, 7) is 3.92. The van der Waals surface area contributed by atoms with E-state index in [1.165, 1.54) is 0 Å². The van der Waals surface area contributed by atoms with Gasteiger partial charge < -0.3 is 5.73 Å². The van der Waals surface area contributed by atoms with E-state index in [9.17, 15) is 4.79 Å². The molecular formula is C8H18N2O. The lowest BCUT2D eigenvalue weighted by molar-refractivity contribution is -0.128. The molecule has 0 radical (unpaired) electrons. The number of likely N-dealkylation sites (N-methyl/N-ethyl adjacent to an activating group) is 1. The number of primary amides is 1. The molecule has 0 bridgehead atoms. The first-order valence-electron chi connectivity index (χ1n) is 3.92. The van der Waals surface area contributed by atoms with Crippen LogP contribution in [-0.4, -0.2) is 30.4 Å². The molecule has 1 unspecified atom stereocenters. The summed E-state index contributed by atoms with van der Waals surface area (Å²) >= 11 is 0. The highest BCUT2D eigenvalue weighted by atomic mass is 16.1. The van der Waals surface area contributed by atoms with Crippen molar-refractivity contribution in [3.63, 3.8) is 0 Å². The van der Waals surface area contributed by atoms with E-state index in [-0.39, 0.29) is 5.91 Å². The summed E-state index contributed by atoms with van der Waals surface area (Å²) in [6, 6.07) is 0. The summed E-state index contributed by atoms with van der Waals surface area (Å²) in [5.41, 5.74) is 4.80. The van der Waals surface area contributed by atoms with E-state index in [0.717, 1.165) is 12.8 Å². The molecule has 0 spiro atoms. The first-order valence-corrected chi connectivity index (χ1v) is 3.92. The molecule has 0 aromatic carbocycles. The Morgan fingerprint density at radius 3 is 2.09 bits per heavy atom. The summed E-state index contributed by atoms with van der Waals surface area (Å²) in [5, 5.41) is 0. The van der Waals surface area contributed by atoms with Gasteiger partial charge in [-0.2, -0.15) is 0 Å². The molecule has 2 N–H and O–H groups in total. The van der Waals surface area contributed by atoms with Crippen molar-refractivity contribution in [2.75, 3.05) is 14.1 Å². The lowest BCUT2D eigenvalue weighted by Gasteiger charge is -2.32. The summed E-state index contributed by atoms with van der Waals surface area (Å²) < 4.78 is 0. The largest absolute Gasteiger partial charge is 0.368 e. The van der Waals surface area contributed by atoms with E-state index in [1.54, 1.807) is 0 Å². The Bertz CT molecular complexity index is 145. The van der Waals surface area contributed by atoms with E-state index in [4.69, 9.17) is 5.73 Å². The van der Waals surface area contributed by atoms with Crippen LogP contribution < -0.4 is 5.73 Å². The van der Waals surface area contributed by atoms with Crippen molar-refractivity contribution in [2.45, 2.75) is 32.2 Å². The van der Waals surface area contributed by atoms with Gasteiger partial charge >= 0.3 is 0 Å². The predicted octanol–water partition coefficient (Wildman–Crippen LogP) is 0.592. The van der Waals surface area contributed by atoms with E-state index in [2.05, 4.69) is 0 Å². The molecule has 0 heterocycles. The third-order valence-corrected chi connectivity index (χ3v) is 2.25. The average Bonchev–Trinajstić information content (AvgIpc) is 1.87. The third kappa shape index (κ3) is 2.19. The summed E-state index contributed by atoms with van der Waals surface area (Å²) in [7, 11) is 3.75. The van der Waals surface area contributed by atoms with E-state index in [1.807, 2.05) is 32.8 Å². The summed E-state index contributed by atoms with van der Waals surface area (Å²) in [4.78, 5) is 12.9. The molecule has 0 rings (SSSR count). The Morgan fingerprint density at radius 1 is 1.55 bits per heavy atom. The maximum absolute atomic E-state index is 11.0. The van der Waals surface area contributed by atoms with Crippen molar-refractivity contribution in [1.29, 1.82) is 0 Å². The van der Waals surface area contributed by atoms with Gasteiger partial charge in [0.25, 0.3) is 0 Å². The van der Waals surface area contributed by atoms with E-state index >= 15 is 0 Å². The molecule has 0 saturated carbocycles. The second-order valence-electron chi connectivity index (χ2n) is 3.28. The molecule has 11 heavy (non-hydrogen) atoms. The summed E-state index contributed by atoms with van der Waals surface area (Å²) in [6.07, 6.45) is 1.78. The molecule has 0 aliphatic rings. The lowest BCUT2D eigenvalue weighted by atomic mass is 9.94. The number of rotatable bonds is 4. The van der Waals surface area contributed by atoms with Gasteiger partial charge in [-0.05, 0) is 27.4 Å². The van der Waals surface area contributed by atoms with Crippen LogP contribution in [0, 0.1) is 0 Å². The minimum Gasteiger partial charge on any atom is -0.368 e. The maximum atomic E-state index is 11.0. The van der Waals surface area contributed by atoms with Crippen LogP contribution in [0.1, 0.15) is 26.7 Å². The number of nitrogens with two attached hydrogens (primary N) is 1. The molecular weight excluding hydrogens is 140 g/mol. The van der Waals surface area contributed by atoms with Crippen LogP contribution in [0.5, 0.6) is 0 Å². The zero-order valence-electron chi connectivity index (χ0n) is 7.85. The zero-order valence-corrected chi connectivity index (χ0v) is 7.85.